The Labute approximate surface area is 177 Å². The number of rotatable bonds is 3. The summed E-state index contributed by atoms with van der Waals surface area (Å²) in [5.74, 6) is -0.739. The molecule has 3 fully saturated rings. The first kappa shape index (κ1) is 21.5. The predicted octanol–water partition coefficient (Wildman–Crippen LogP) is 2.89. The van der Waals surface area contributed by atoms with Crippen LogP contribution in [0.25, 0.3) is 0 Å². The first-order valence-corrected chi connectivity index (χ1v) is 9.92. The summed E-state index contributed by atoms with van der Waals surface area (Å²) in [5.41, 5.74) is -2.33. The number of anilines is 1. The molecule has 7 nitrogen and oxygen atoms in total. The van der Waals surface area contributed by atoms with Crippen molar-refractivity contribution in [2.45, 2.75) is 45.5 Å². The fourth-order valence-corrected chi connectivity index (χ4v) is 4.99. The molecular formula is C21H22F3N4O3+. The molecule has 0 N–H and O–H groups in total. The van der Waals surface area contributed by atoms with E-state index in [0.717, 1.165) is 11.0 Å². The Kier molecular flexibility index (Phi) is 4.58. The summed E-state index contributed by atoms with van der Waals surface area (Å²) >= 11 is 0. The van der Waals surface area contributed by atoms with Crippen LogP contribution in [0.1, 0.15) is 38.3 Å². The van der Waals surface area contributed by atoms with E-state index in [2.05, 4.69) is 0 Å². The number of hydrogen-bond donors (Lipinski definition) is 0. The minimum atomic E-state index is -4.81. The van der Waals surface area contributed by atoms with Gasteiger partial charge in [-0.15, -0.1) is 0 Å². The second-order valence-electron chi connectivity index (χ2n) is 9.64. The zero-order valence-corrected chi connectivity index (χ0v) is 17.4. The van der Waals surface area contributed by atoms with Gasteiger partial charge in [-0.25, -0.2) is 14.2 Å². The Bertz CT molecular complexity index is 1040. The molecular weight excluding hydrogens is 413 g/mol. The lowest BCUT2D eigenvalue weighted by Crippen LogP contribution is -2.62. The third-order valence-corrected chi connectivity index (χ3v) is 6.22. The molecule has 3 amide bonds. The Morgan fingerprint density at radius 3 is 2.48 bits per heavy atom. The van der Waals surface area contributed by atoms with E-state index in [9.17, 15) is 27.6 Å². The number of ketones is 1. The van der Waals surface area contributed by atoms with E-state index >= 15 is 0 Å². The van der Waals surface area contributed by atoms with Crippen molar-refractivity contribution in [2.24, 2.45) is 5.41 Å². The smallest absolute Gasteiger partial charge is 0.293 e. The van der Waals surface area contributed by atoms with Crippen LogP contribution in [0.3, 0.4) is 0 Å². The number of piperazine rings is 1. The highest BCUT2D eigenvalue weighted by atomic mass is 19.4. The summed E-state index contributed by atoms with van der Waals surface area (Å²) in [5, 5.41) is 9.00. The number of alkyl halides is 3. The Morgan fingerprint density at radius 1 is 1.23 bits per heavy atom. The van der Waals surface area contributed by atoms with Crippen LogP contribution in [0.4, 0.5) is 23.7 Å². The van der Waals surface area contributed by atoms with Gasteiger partial charge in [-0.3, -0.25) is 9.59 Å². The SMILES string of the molecule is CC(C)(C)CC(=O)C1C[N@@]2CC3C(=O)N(c4ccc(C#N)c(C(F)(F)F)c4)C(=O)[N+]13C2. The van der Waals surface area contributed by atoms with Crippen LogP contribution in [0.2, 0.25) is 0 Å². The first-order valence-electron chi connectivity index (χ1n) is 9.92. The number of amides is 3. The number of imide groups is 1. The summed E-state index contributed by atoms with van der Waals surface area (Å²) in [6.45, 7) is 6.54. The van der Waals surface area contributed by atoms with Gasteiger partial charge in [-0.1, -0.05) is 20.8 Å². The quantitative estimate of drug-likeness (QED) is 0.539. The average Bonchev–Trinajstić information content (AvgIpc) is 3.28. The maximum atomic E-state index is 13.5. The van der Waals surface area contributed by atoms with Crippen LogP contribution in [0, 0.1) is 16.7 Å². The topological polar surface area (TPSA) is 81.5 Å². The Balaban J connectivity index is 1.75. The number of Topliss-reactive ketones (excluding diaryl/α,β-unsaturated/α-hetero) is 1. The van der Waals surface area contributed by atoms with Crippen LogP contribution in [0.15, 0.2) is 18.2 Å². The average molecular weight is 435 g/mol. The highest BCUT2D eigenvalue weighted by Crippen LogP contribution is 2.45. The zero-order valence-electron chi connectivity index (χ0n) is 17.4. The predicted molar refractivity (Wildman–Crippen MR) is 102 cm³/mol. The molecule has 4 atom stereocenters. The van der Waals surface area contributed by atoms with Gasteiger partial charge < -0.3 is 0 Å². The molecule has 3 saturated heterocycles. The van der Waals surface area contributed by atoms with Gasteiger partial charge in [0.15, 0.2) is 17.9 Å². The molecule has 3 aliphatic heterocycles. The minimum Gasteiger partial charge on any atom is -0.293 e. The molecule has 4 rings (SSSR count). The highest BCUT2D eigenvalue weighted by Gasteiger charge is 2.73. The number of fused-ring (bicyclic) bond motifs is 1. The summed E-state index contributed by atoms with van der Waals surface area (Å²) in [4.78, 5) is 42.4. The molecule has 3 unspecified atom stereocenters. The Hall–Kier alpha value is -2.77. The van der Waals surface area contributed by atoms with Gasteiger partial charge in [0.05, 0.1) is 36.0 Å². The molecule has 10 heteroatoms. The van der Waals surface area contributed by atoms with Gasteiger partial charge >= 0.3 is 12.2 Å². The van der Waals surface area contributed by atoms with E-state index in [-0.39, 0.29) is 41.0 Å². The number of nitrogens with zero attached hydrogens (tertiary/aromatic N) is 4. The number of hydrogen-bond acceptors (Lipinski definition) is 5. The van der Waals surface area contributed by atoms with Gasteiger partial charge in [-0.05, 0) is 23.6 Å². The number of urea groups is 1. The van der Waals surface area contributed by atoms with Crippen LogP contribution >= 0.6 is 0 Å². The normalized spacial score (nSPS) is 30.0. The van der Waals surface area contributed by atoms with Crippen molar-refractivity contribution < 1.29 is 32.0 Å². The first-order chi connectivity index (χ1) is 14.3. The number of carbonyl (C=O) groups is 3. The van der Waals surface area contributed by atoms with Crippen LogP contribution in [0.5, 0.6) is 0 Å². The highest BCUT2D eigenvalue weighted by molar-refractivity contribution is 6.18. The summed E-state index contributed by atoms with van der Waals surface area (Å²) < 4.78 is 39.8. The van der Waals surface area contributed by atoms with Crippen LogP contribution in [-0.2, 0) is 15.8 Å². The third kappa shape index (κ3) is 3.15. The third-order valence-electron chi connectivity index (χ3n) is 6.22. The molecule has 31 heavy (non-hydrogen) atoms. The van der Waals surface area contributed by atoms with E-state index in [1.165, 1.54) is 12.1 Å². The molecule has 0 aliphatic carbocycles. The zero-order chi connectivity index (χ0) is 22.9. The van der Waals surface area contributed by atoms with Gasteiger partial charge in [0.2, 0.25) is 0 Å². The van der Waals surface area contributed by atoms with Crippen molar-refractivity contribution >= 4 is 23.4 Å². The largest absolute Gasteiger partial charge is 0.433 e. The second kappa shape index (κ2) is 6.61. The van der Waals surface area contributed by atoms with Crippen molar-refractivity contribution in [1.82, 2.24) is 4.90 Å². The van der Waals surface area contributed by atoms with Gasteiger partial charge in [0.1, 0.15) is 6.67 Å². The number of quaternary nitrogens is 1. The monoisotopic (exact) mass is 435 g/mol. The molecule has 3 heterocycles. The van der Waals surface area contributed by atoms with E-state index < -0.39 is 41.3 Å². The molecule has 164 valence electrons. The van der Waals surface area contributed by atoms with Crippen molar-refractivity contribution in [2.75, 3.05) is 24.7 Å². The van der Waals surface area contributed by atoms with Gasteiger partial charge in [0.25, 0.3) is 5.91 Å². The molecule has 0 radical (unpaired) electrons. The summed E-state index contributed by atoms with van der Waals surface area (Å²) in [6, 6.07) is 2.06. The molecule has 2 bridgehead atoms. The molecule has 0 saturated carbocycles. The lowest BCUT2D eigenvalue weighted by molar-refractivity contribution is -0.853. The van der Waals surface area contributed by atoms with E-state index in [4.69, 9.17) is 5.26 Å². The molecule has 1 aromatic carbocycles. The van der Waals surface area contributed by atoms with E-state index in [1.807, 2.05) is 25.7 Å². The van der Waals surface area contributed by atoms with Gasteiger partial charge in [-0.2, -0.15) is 23.3 Å². The summed E-state index contributed by atoms with van der Waals surface area (Å²) in [7, 11) is 0. The van der Waals surface area contributed by atoms with Crippen LogP contribution in [-0.4, -0.2) is 58.9 Å². The maximum Gasteiger partial charge on any atom is 0.433 e. The Morgan fingerprint density at radius 2 is 1.90 bits per heavy atom. The van der Waals surface area contributed by atoms with Crippen molar-refractivity contribution in [3.05, 3.63) is 29.3 Å². The van der Waals surface area contributed by atoms with E-state index in [0.29, 0.717) is 12.6 Å². The number of halogens is 3. The number of carbonyl (C=O) groups excluding carboxylic acids is 3. The minimum absolute atomic E-state index is 0.126. The lowest BCUT2D eigenvalue weighted by atomic mass is 9.86. The van der Waals surface area contributed by atoms with Crippen molar-refractivity contribution in [1.29, 1.82) is 5.26 Å². The lowest BCUT2D eigenvalue weighted by Gasteiger charge is -2.34. The maximum absolute atomic E-state index is 13.5. The summed E-state index contributed by atoms with van der Waals surface area (Å²) in [6.07, 6.45) is -4.58. The standard InChI is InChI=1S/C21H22F3N4O3/c1-20(2,3)7-17(29)15-9-26-10-16-18(30)27(19(31)28(15,16)11-26)13-5-4-12(8-25)14(6-13)21(22,23)24/h4-6,15-16H,7,9-11H2,1-3H3/q+1. The molecule has 1 aromatic rings. The van der Waals surface area contributed by atoms with E-state index in [1.54, 1.807) is 0 Å². The van der Waals surface area contributed by atoms with Gasteiger partial charge in [0, 0.05) is 6.42 Å². The fraction of sp³-hybridized carbons (Fsp3) is 0.524. The molecule has 3 aliphatic rings. The van der Waals surface area contributed by atoms with Crippen molar-refractivity contribution in [3.8, 4) is 6.07 Å². The number of nitriles is 1. The molecule has 1 spiro atoms. The number of benzene rings is 1. The molecule has 0 aromatic heterocycles. The fourth-order valence-electron chi connectivity index (χ4n) is 4.99. The second-order valence-corrected chi connectivity index (χ2v) is 9.64. The van der Waals surface area contributed by atoms with Crippen LogP contribution < -0.4 is 4.90 Å². The van der Waals surface area contributed by atoms with Crippen molar-refractivity contribution in [3.63, 3.8) is 0 Å².